The van der Waals surface area contributed by atoms with Gasteiger partial charge in [-0.1, -0.05) is 81.1 Å². The summed E-state index contributed by atoms with van der Waals surface area (Å²) in [6, 6.07) is 8.83. The average molecular weight is 646 g/mol. The number of rotatable bonds is 22. The maximum atomic E-state index is 13.1. The topological polar surface area (TPSA) is 77.5 Å². The lowest BCUT2D eigenvalue weighted by Gasteiger charge is -2.26. The molecule has 0 aliphatic heterocycles. The minimum Gasteiger partial charge on any atom is -0.497 e. The van der Waals surface area contributed by atoms with Crippen LogP contribution in [0.3, 0.4) is 0 Å². The summed E-state index contributed by atoms with van der Waals surface area (Å²) in [7, 11) is 0.371. The molecule has 256 valence electrons. The quantitative estimate of drug-likeness (QED) is 0.0587. The molecule has 0 spiro atoms. The first kappa shape index (κ1) is 40.6. The smallest absolute Gasteiger partial charge is 0.410 e. The van der Waals surface area contributed by atoms with Crippen molar-refractivity contribution in [3.05, 3.63) is 65.3 Å². The van der Waals surface area contributed by atoms with Gasteiger partial charge >= 0.3 is 6.09 Å². The van der Waals surface area contributed by atoms with Gasteiger partial charge in [0, 0.05) is 40.3 Å². The first-order chi connectivity index (χ1) is 21.3. The number of carbonyl (C=O) groups is 1. The minimum absolute atomic E-state index is 0.0362. The molecule has 7 nitrogen and oxygen atoms in total. The van der Waals surface area contributed by atoms with Gasteiger partial charge in [-0.3, -0.25) is 0 Å². The van der Waals surface area contributed by atoms with Crippen LogP contribution in [0.1, 0.15) is 72.8 Å². The molecule has 0 heterocycles. The van der Waals surface area contributed by atoms with Gasteiger partial charge in [0.25, 0.3) is 0 Å². The summed E-state index contributed by atoms with van der Waals surface area (Å²) in [6.45, 7) is 21.5. The second-order valence-electron chi connectivity index (χ2n) is 13.6. The molecule has 1 aromatic carbocycles. The molecule has 0 bridgehead atoms. The molecule has 0 saturated heterocycles. The number of nitrogens with zero attached hydrogens (tertiary/aromatic N) is 1. The van der Waals surface area contributed by atoms with Crippen molar-refractivity contribution >= 4 is 14.2 Å². The second kappa shape index (κ2) is 22.2. The van der Waals surface area contributed by atoms with Crippen LogP contribution in [0.4, 0.5) is 4.79 Å². The van der Waals surface area contributed by atoms with Gasteiger partial charge in [0.1, 0.15) is 5.75 Å². The third kappa shape index (κ3) is 19.0. The van der Waals surface area contributed by atoms with Crippen LogP contribution in [0.15, 0.2) is 59.7 Å². The Morgan fingerprint density at radius 3 is 2.36 bits per heavy atom. The van der Waals surface area contributed by atoms with Crippen LogP contribution in [0.5, 0.6) is 5.75 Å². The number of hydrogen-bond donors (Lipinski definition) is 1. The summed E-state index contributed by atoms with van der Waals surface area (Å²) < 4.78 is 22.6. The lowest BCUT2D eigenvalue weighted by Crippen LogP contribution is -2.35. The number of carbonyl (C=O) groups excluding carboxylic acids is 1. The fourth-order valence-corrected chi connectivity index (χ4v) is 5.53. The van der Waals surface area contributed by atoms with Gasteiger partial charge in [-0.25, -0.2) is 4.79 Å². The Bertz CT molecular complexity index is 1050. The Kier molecular flexibility index (Phi) is 20.0. The van der Waals surface area contributed by atoms with Crippen molar-refractivity contribution in [1.29, 1.82) is 0 Å². The summed E-state index contributed by atoms with van der Waals surface area (Å²) in [4.78, 5) is 14.9. The second-order valence-corrected chi connectivity index (χ2v) is 19.2. The van der Waals surface area contributed by atoms with Crippen molar-refractivity contribution in [3.63, 3.8) is 0 Å². The van der Waals surface area contributed by atoms with Gasteiger partial charge in [0.15, 0.2) is 6.29 Å². The van der Waals surface area contributed by atoms with E-state index < -0.39 is 8.07 Å². The number of amides is 1. The molecular weight excluding hydrogens is 582 g/mol. The summed E-state index contributed by atoms with van der Waals surface area (Å²) >= 11 is 0. The zero-order valence-corrected chi connectivity index (χ0v) is 30.9. The molecule has 4 atom stereocenters. The molecule has 1 aromatic rings. The maximum Gasteiger partial charge on any atom is 0.410 e. The van der Waals surface area contributed by atoms with Crippen LogP contribution < -0.4 is 4.74 Å². The Hall–Kier alpha value is -2.39. The van der Waals surface area contributed by atoms with Gasteiger partial charge < -0.3 is 29.0 Å². The van der Waals surface area contributed by atoms with Crippen LogP contribution in [-0.4, -0.2) is 70.0 Å². The standard InChI is InChI=1S/C37H63NO6Si/c1-11-42-33(6)44-36(32(5)28-39)22-17-30(3)25-29(2)15-13-12-14-16-31(4)26-38(37(40)43-23-24-45(8,9)10)27-34-18-20-35(41-7)21-19-34/h12-13,15,17-21,31-33,36,39H,11,14,16,22-28H2,1-10H3/b13-12+,29-15+,30-17+/t31-,32-,33?,36-/m0/s1. The van der Waals surface area contributed by atoms with Gasteiger partial charge in [0.05, 0.1) is 19.8 Å². The van der Waals surface area contributed by atoms with Gasteiger partial charge in [0.2, 0.25) is 0 Å². The van der Waals surface area contributed by atoms with E-state index in [0.717, 1.165) is 43.0 Å². The number of hydrogen-bond acceptors (Lipinski definition) is 6. The number of allylic oxidation sites excluding steroid dienone is 5. The molecule has 1 unspecified atom stereocenters. The predicted octanol–water partition coefficient (Wildman–Crippen LogP) is 9.01. The molecule has 1 rings (SSSR count). The third-order valence-corrected chi connectivity index (χ3v) is 9.39. The lowest BCUT2D eigenvalue weighted by atomic mass is 9.99. The Morgan fingerprint density at radius 1 is 1.07 bits per heavy atom. The van der Waals surface area contributed by atoms with E-state index in [1.807, 2.05) is 49.9 Å². The summed E-state index contributed by atoms with van der Waals surface area (Å²) in [5, 5.41) is 9.65. The monoisotopic (exact) mass is 645 g/mol. The average Bonchev–Trinajstić information content (AvgIpc) is 2.98. The molecule has 1 amide bonds. The van der Waals surface area contributed by atoms with E-state index in [9.17, 15) is 9.90 Å². The Labute approximate surface area is 275 Å². The van der Waals surface area contributed by atoms with Crippen LogP contribution in [0, 0.1) is 11.8 Å². The zero-order chi connectivity index (χ0) is 33.8. The van der Waals surface area contributed by atoms with Crippen LogP contribution in [0.25, 0.3) is 0 Å². The molecule has 0 aliphatic carbocycles. The van der Waals surface area contributed by atoms with Crippen LogP contribution >= 0.6 is 0 Å². The number of methoxy groups -OCH3 is 1. The molecular formula is C37H63NO6Si. The normalized spacial score (nSPS) is 15.5. The first-order valence-electron chi connectivity index (χ1n) is 16.7. The van der Waals surface area contributed by atoms with Crippen molar-refractivity contribution in [2.75, 3.05) is 33.5 Å². The maximum absolute atomic E-state index is 13.1. The summed E-state index contributed by atoms with van der Waals surface area (Å²) in [5.41, 5.74) is 3.62. The number of benzene rings is 1. The van der Waals surface area contributed by atoms with Crippen molar-refractivity contribution in [3.8, 4) is 5.75 Å². The zero-order valence-electron chi connectivity index (χ0n) is 29.9. The third-order valence-electron chi connectivity index (χ3n) is 7.69. The van der Waals surface area contributed by atoms with Gasteiger partial charge in [-0.2, -0.15) is 0 Å². The van der Waals surface area contributed by atoms with Crippen molar-refractivity contribution < 1.29 is 28.8 Å². The van der Waals surface area contributed by atoms with E-state index in [1.165, 1.54) is 11.1 Å². The molecule has 0 radical (unpaired) electrons. The molecule has 1 N–H and O–H groups in total. The van der Waals surface area contributed by atoms with E-state index in [4.69, 9.17) is 18.9 Å². The molecule has 45 heavy (non-hydrogen) atoms. The van der Waals surface area contributed by atoms with Gasteiger partial charge in [-0.15, -0.1) is 0 Å². The Morgan fingerprint density at radius 2 is 1.76 bits per heavy atom. The van der Waals surface area contributed by atoms with E-state index in [1.54, 1.807) is 7.11 Å². The summed E-state index contributed by atoms with van der Waals surface area (Å²) in [5.74, 6) is 1.17. The molecule has 8 heteroatoms. The first-order valence-corrected chi connectivity index (χ1v) is 20.4. The molecule has 0 aliphatic rings. The highest BCUT2D eigenvalue weighted by Crippen LogP contribution is 2.20. The lowest BCUT2D eigenvalue weighted by molar-refractivity contribution is -0.170. The number of aliphatic hydroxyl groups is 1. The fraction of sp³-hybridized carbons (Fsp3) is 0.649. The van der Waals surface area contributed by atoms with Crippen molar-refractivity contribution in [2.24, 2.45) is 11.8 Å². The van der Waals surface area contributed by atoms with E-state index in [0.29, 0.717) is 32.2 Å². The van der Waals surface area contributed by atoms with E-state index in [-0.39, 0.29) is 31.0 Å². The molecule has 0 fully saturated rings. The molecule has 0 saturated carbocycles. The summed E-state index contributed by atoms with van der Waals surface area (Å²) in [6.07, 6.45) is 11.7. The largest absolute Gasteiger partial charge is 0.497 e. The minimum atomic E-state index is -1.28. The number of aliphatic hydroxyl groups excluding tert-OH is 1. The SMILES string of the molecule is CCOC(C)O[C@@H](C/C=C(\C)C/C(C)=C/C=C/CC[C@H](C)CN(Cc1ccc(OC)cc1)C(=O)OCC[Si](C)(C)C)[C@@H](C)CO. The highest BCUT2D eigenvalue weighted by molar-refractivity contribution is 6.76. The van der Waals surface area contributed by atoms with Crippen molar-refractivity contribution in [1.82, 2.24) is 4.90 Å². The molecule has 0 aromatic heterocycles. The van der Waals surface area contributed by atoms with Crippen molar-refractivity contribution in [2.45, 2.75) is 112 Å². The van der Waals surface area contributed by atoms with Crippen LogP contribution in [0.2, 0.25) is 25.7 Å². The highest BCUT2D eigenvalue weighted by atomic mass is 28.3. The highest BCUT2D eigenvalue weighted by Gasteiger charge is 2.21. The fourth-order valence-electron chi connectivity index (χ4n) is 4.82. The van der Waals surface area contributed by atoms with Crippen LogP contribution in [-0.2, 0) is 20.8 Å². The van der Waals surface area contributed by atoms with E-state index in [2.05, 4.69) is 64.7 Å². The number of ether oxygens (including phenoxy) is 4. The Balaban J connectivity index is 2.67. The van der Waals surface area contributed by atoms with E-state index >= 15 is 0 Å². The predicted molar refractivity (Wildman–Crippen MR) is 189 cm³/mol. The van der Waals surface area contributed by atoms with Gasteiger partial charge in [-0.05, 0) is 83.0 Å².